The zero-order chi connectivity index (χ0) is 20.1. The Labute approximate surface area is 171 Å². The lowest BCUT2D eigenvalue weighted by atomic mass is 9.97. The smallest absolute Gasteiger partial charge is 0.224 e. The van der Waals surface area contributed by atoms with E-state index in [2.05, 4.69) is 21.3 Å². The standard InChI is InChI=1S/C22H25ClN4O/c1-15-10-16(2)26-22(20(15)12-24)27-9-3-4-18(14-27)13-25-21(28)11-17-5-7-19(23)8-6-17/h5-8,10,18H,3-4,9,11,13-14H2,1-2H3,(H,25,28). The molecule has 1 aromatic heterocycles. The van der Waals surface area contributed by atoms with Gasteiger partial charge in [0.05, 0.1) is 12.0 Å². The maximum atomic E-state index is 12.3. The number of hydrogen-bond acceptors (Lipinski definition) is 4. The number of benzene rings is 1. The molecule has 1 amide bonds. The van der Waals surface area contributed by atoms with Crippen molar-refractivity contribution in [3.8, 4) is 6.07 Å². The molecule has 1 aliphatic rings. The van der Waals surface area contributed by atoms with E-state index in [4.69, 9.17) is 11.6 Å². The minimum Gasteiger partial charge on any atom is -0.355 e. The Morgan fingerprint density at radius 3 is 2.82 bits per heavy atom. The number of nitriles is 1. The predicted octanol–water partition coefficient (Wildman–Crippen LogP) is 3.80. The molecule has 28 heavy (non-hydrogen) atoms. The number of nitrogens with zero attached hydrogens (tertiary/aromatic N) is 3. The zero-order valence-corrected chi connectivity index (χ0v) is 17.1. The number of amides is 1. The van der Waals surface area contributed by atoms with Gasteiger partial charge in [0.15, 0.2) is 0 Å². The highest BCUT2D eigenvalue weighted by Gasteiger charge is 2.24. The van der Waals surface area contributed by atoms with Crippen LogP contribution in [0.4, 0.5) is 5.82 Å². The Balaban J connectivity index is 1.59. The van der Waals surface area contributed by atoms with E-state index in [1.54, 1.807) is 12.1 Å². The first-order valence-corrected chi connectivity index (χ1v) is 9.98. The molecule has 0 aliphatic carbocycles. The summed E-state index contributed by atoms with van der Waals surface area (Å²) in [7, 11) is 0. The molecule has 1 unspecified atom stereocenters. The first-order chi connectivity index (χ1) is 13.5. The number of anilines is 1. The predicted molar refractivity (Wildman–Crippen MR) is 112 cm³/mol. The third kappa shape index (κ3) is 5.02. The molecular formula is C22H25ClN4O. The Bertz CT molecular complexity index is 889. The van der Waals surface area contributed by atoms with Crippen LogP contribution >= 0.6 is 11.6 Å². The quantitative estimate of drug-likeness (QED) is 0.834. The minimum atomic E-state index is 0.0154. The highest BCUT2D eigenvalue weighted by molar-refractivity contribution is 6.30. The summed E-state index contributed by atoms with van der Waals surface area (Å²) in [5.74, 6) is 1.14. The highest BCUT2D eigenvalue weighted by Crippen LogP contribution is 2.26. The molecule has 0 saturated carbocycles. The van der Waals surface area contributed by atoms with E-state index in [0.717, 1.165) is 48.6 Å². The molecular weight excluding hydrogens is 372 g/mol. The zero-order valence-electron chi connectivity index (χ0n) is 16.3. The first kappa shape index (κ1) is 20.2. The topological polar surface area (TPSA) is 69.0 Å². The van der Waals surface area contributed by atoms with E-state index >= 15 is 0 Å². The summed E-state index contributed by atoms with van der Waals surface area (Å²) in [4.78, 5) is 19.1. The van der Waals surface area contributed by atoms with Gasteiger partial charge in [-0.05, 0) is 61.9 Å². The van der Waals surface area contributed by atoms with E-state index in [0.29, 0.717) is 29.5 Å². The van der Waals surface area contributed by atoms with E-state index in [1.807, 2.05) is 32.0 Å². The number of nitrogens with one attached hydrogen (secondary N) is 1. The fraction of sp³-hybridized carbons (Fsp3) is 0.409. The van der Waals surface area contributed by atoms with Gasteiger partial charge < -0.3 is 10.2 Å². The van der Waals surface area contributed by atoms with Crippen molar-refractivity contribution in [3.05, 3.63) is 57.7 Å². The number of rotatable bonds is 5. The molecule has 146 valence electrons. The van der Waals surface area contributed by atoms with Gasteiger partial charge in [0.1, 0.15) is 11.9 Å². The van der Waals surface area contributed by atoms with Crippen LogP contribution in [0.1, 0.15) is 35.2 Å². The summed E-state index contributed by atoms with van der Waals surface area (Å²) in [5.41, 5.74) is 3.48. The van der Waals surface area contributed by atoms with Crippen LogP contribution in [0.25, 0.3) is 0 Å². The molecule has 1 atom stereocenters. The normalized spacial score (nSPS) is 16.5. The first-order valence-electron chi connectivity index (χ1n) is 9.60. The monoisotopic (exact) mass is 396 g/mol. The van der Waals surface area contributed by atoms with Crippen LogP contribution in [0.15, 0.2) is 30.3 Å². The minimum absolute atomic E-state index is 0.0154. The van der Waals surface area contributed by atoms with Gasteiger partial charge in [-0.3, -0.25) is 4.79 Å². The number of pyridine rings is 1. The highest BCUT2D eigenvalue weighted by atomic mass is 35.5. The molecule has 1 fully saturated rings. The molecule has 2 aromatic rings. The van der Waals surface area contributed by atoms with Crippen LogP contribution in [0.2, 0.25) is 5.02 Å². The third-order valence-corrected chi connectivity index (χ3v) is 5.37. The number of aryl methyl sites for hydroxylation is 2. The van der Waals surface area contributed by atoms with Gasteiger partial charge in [-0.2, -0.15) is 5.26 Å². The molecule has 1 saturated heterocycles. The summed E-state index contributed by atoms with van der Waals surface area (Å²) in [5, 5.41) is 13.3. The molecule has 1 aliphatic heterocycles. The summed E-state index contributed by atoms with van der Waals surface area (Å²) >= 11 is 5.89. The second-order valence-electron chi connectivity index (χ2n) is 7.45. The van der Waals surface area contributed by atoms with E-state index in [1.165, 1.54) is 0 Å². The van der Waals surface area contributed by atoms with Crippen molar-refractivity contribution in [2.45, 2.75) is 33.1 Å². The molecule has 1 N–H and O–H groups in total. The number of aromatic nitrogens is 1. The van der Waals surface area contributed by atoms with Gasteiger partial charge in [0.25, 0.3) is 0 Å². The largest absolute Gasteiger partial charge is 0.355 e. The summed E-state index contributed by atoms with van der Waals surface area (Å²) in [6.45, 7) is 6.23. The van der Waals surface area contributed by atoms with Crippen molar-refractivity contribution in [2.24, 2.45) is 5.92 Å². The fourth-order valence-electron chi connectivity index (χ4n) is 3.72. The molecule has 5 nitrogen and oxygen atoms in total. The van der Waals surface area contributed by atoms with Crippen LogP contribution in [0.5, 0.6) is 0 Å². The van der Waals surface area contributed by atoms with Gasteiger partial charge in [-0.15, -0.1) is 0 Å². The number of hydrogen-bond donors (Lipinski definition) is 1. The van der Waals surface area contributed by atoms with Crippen LogP contribution in [0, 0.1) is 31.1 Å². The second-order valence-corrected chi connectivity index (χ2v) is 7.89. The van der Waals surface area contributed by atoms with Gasteiger partial charge >= 0.3 is 0 Å². The molecule has 0 spiro atoms. The molecule has 2 heterocycles. The number of carbonyl (C=O) groups is 1. The maximum Gasteiger partial charge on any atom is 0.224 e. The Morgan fingerprint density at radius 1 is 1.36 bits per heavy atom. The number of carbonyl (C=O) groups excluding carboxylic acids is 1. The molecule has 6 heteroatoms. The Kier molecular flexibility index (Phi) is 6.53. The van der Waals surface area contributed by atoms with E-state index in [9.17, 15) is 10.1 Å². The van der Waals surface area contributed by atoms with Gasteiger partial charge in [-0.25, -0.2) is 4.98 Å². The summed E-state index contributed by atoms with van der Waals surface area (Å²) in [6.07, 6.45) is 2.44. The maximum absolute atomic E-state index is 12.3. The average molecular weight is 397 g/mol. The molecule has 1 aromatic carbocycles. The summed E-state index contributed by atoms with van der Waals surface area (Å²) < 4.78 is 0. The van der Waals surface area contributed by atoms with Gasteiger partial charge in [0.2, 0.25) is 5.91 Å². The Hall–Kier alpha value is -2.58. The van der Waals surface area contributed by atoms with Crippen molar-refractivity contribution in [3.63, 3.8) is 0 Å². The van der Waals surface area contributed by atoms with Crippen molar-refractivity contribution in [2.75, 3.05) is 24.5 Å². The summed E-state index contributed by atoms with van der Waals surface area (Å²) in [6, 6.07) is 11.6. The van der Waals surface area contributed by atoms with Crippen LogP contribution in [-0.2, 0) is 11.2 Å². The lowest BCUT2D eigenvalue weighted by molar-refractivity contribution is -0.120. The number of piperidine rings is 1. The molecule has 3 rings (SSSR count). The molecule has 0 bridgehead atoms. The van der Waals surface area contributed by atoms with Gasteiger partial charge in [0, 0.05) is 30.4 Å². The van der Waals surface area contributed by atoms with Crippen molar-refractivity contribution < 1.29 is 4.79 Å². The van der Waals surface area contributed by atoms with Crippen LogP contribution < -0.4 is 10.2 Å². The average Bonchev–Trinajstić information content (AvgIpc) is 2.68. The fourth-order valence-corrected chi connectivity index (χ4v) is 3.84. The van der Waals surface area contributed by atoms with E-state index in [-0.39, 0.29) is 5.91 Å². The van der Waals surface area contributed by atoms with Crippen LogP contribution in [-0.4, -0.2) is 30.5 Å². The second kappa shape index (κ2) is 9.07. The third-order valence-electron chi connectivity index (χ3n) is 5.12. The van der Waals surface area contributed by atoms with Crippen molar-refractivity contribution in [1.82, 2.24) is 10.3 Å². The van der Waals surface area contributed by atoms with Crippen molar-refractivity contribution in [1.29, 1.82) is 5.26 Å². The number of halogens is 1. The Morgan fingerprint density at radius 2 is 2.11 bits per heavy atom. The van der Waals surface area contributed by atoms with Crippen LogP contribution in [0.3, 0.4) is 0 Å². The lowest BCUT2D eigenvalue weighted by Gasteiger charge is -2.34. The van der Waals surface area contributed by atoms with Crippen molar-refractivity contribution >= 4 is 23.3 Å². The molecule has 0 radical (unpaired) electrons. The SMILES string of the molecule is Cc1cc(C)c(C#N)c(N2CCCC(CNC(=O)Cc3ccc(Cl)cc3)C2)n1. The van der Waals surface area contributed by atoms with Gasteiger partial charge in [-0.1, -0.05) is 23.7 Å². The van der Waals surface area contributed by atoms with E-state index < -0.39 is 0 Å². The lowest BCUT2D eigenvalue weighted by Crippen LogP contribution is -2.42.